The van der Waals surface area contributed by atoms with Crippen molar-refractivity contribution in [3.8, 4) is 0 Å². The lowest BCUT2D eigenvalue weighted by atomic mass is 10.1. The first-order valence-electron chi connectivity index (χ1n) is 11.8. The molecule has 0 unspecified atom stereocenters. The summed E-state index contributed by atoms with van der Waals surface area (Å²) in [5.74, 6) is -1.26. The monoisotopic (exact) mass is 483 g/mol. The zero-order valence-electron chi connectivity index (χ0n) is 20.3. The van der Waals surface area contributed by atoms with Gasteiger partial charge in [0.25, 0.3) is 0 Å². The molecule has 5 amide bonds. The van der Waals surface area contributed by atoms with Crippen LogP contribution in [-0.4, -0.2) is 122 Å². The molecule has 2 rings (SSSR count). The Labute approximate surface area is 200 Å². The normalized spacial score (nSPS) is 20.4. The van der Waals surface area contributed by atoms with Gasteiger partial charge in [-0.2, -0.15) is 0 Å². The third-order valence-electron chi connectivity index (χ3n) is 5.91. The number of likely N-dealkylation sites (N-methyl/N-ethyl adjacent to an activating group) is 1. The molecule has 34 heavy (non-hydrogen) atoms. The average Bonchev–Trinajstić information content (AvgIpc) is 2.84. The predicted molar refractivity (Wildman–Crippen MR) is 121 cm³/mol. The molecule has 0 saturated carbocycles. The largest absolute Gasteiger partial charge is 0.377 e. The first-order valence-corrected chi connectivity index (χ1v) is 11.8. The van der Waals surface area contributed by atoms with Gasteiger partial charge in [-0.05, 0) is 13.8 Å². The second kappa shape index (κ2) is 13.9. The van der Waals surface area contributed by atoms with Gasteiger partial charge in [-0.15, -0.1) is 0 Å². The number of carbonyl (C=O) groups excluding carboxylic acids is 5. The van der Waals surface area contributed by atoms with Crippen LogP contribution in [0.1, 0.15) is 33.6 Å². The highest BCUT2D eigenvalue weighted by Crippen LogP contribution is 2.13. The minimum absolute atomic E-state index is 0.0256. The van der Waals surface area contributed by atoms with Crippen molar-refractivity contribution in [2.24, 2.45) is 0 Å². The second-order valence-corrected chi connectivity index (χ2v) is 8.14. The quantitative estimate of drug-likeness (QED) is 0.379. The molecular weight excluding hydrogens is 446 g/mol. The molecule has 2 saturated heterocycles. The zero-order chi connectivity index (χ0) is 25.1. The number of hydrogen-bond acceptors (Lipinski definition) is 7. The molecule has 12 nitrogen and oxygen atoms in total. The fraction of sp³-hybridized carbons (Fsp3) is 0.773. The summed E-state index contributed by atoms with van der Waals surface area (Å²) in [6, 6.07) is -1.46. The molecule has 2 N–H and O–H groups in total. The molecule has 2 aliphatic heterocycles. The highest BCUT2D eigenvalue weighted by atomic mass is 16.5. The Kier molecular flexibility index (Phi) is 11.2. The summed E-state index contributed by atoms with van der Waals surface area (Å²) in [5.41, 5.74) is 0. The molecule has 2 heterocycles. The first kappa shape index (κ1) is 27.5. The maximum Gasteiger partial charge on any atom is 0.247 e. The van der Waals surface area contributed by atoms with Gasteiger partial charge >= 0.3 is 0 Å². The predicted octanol–water partition coefficient (Wildman–Crippen LogP) is -1.66. The van der Waals surface area contributed by atoms with E-state index in [4.69, 9.17) is 9.47 Å². The van der Waals surface area contributed by atoms with Gasteiger partial charge in [0.15, 0.2) is 0 Å². The lowest BCUT2D eigenvalue weighted by Crippen LogP contribution is -2.58. The summed E-state index contributed by atoms with van der Waals surface area (Å²) in [6.07, 6.45) is 0.110. The van der Waals surface area contributed by atoms with Crippen molar-refractivity contribution >= 4 is 29.5 Å². The van der Waals surface area contributed by atoms with E-state index in [0.717, 1.165) is 0 Å². The molecule has 12 heteroatoms. The molecule has 2 fully saturated rings. The molecule has 192 valence electrons. The Bertz CT molecular complexity index is 743. The van der Waals surface area contributed by atoms with E-state index in [-0.39, 0.29) is 69.3 Å². The zero-order valence-corrected chi connectivity index (χ0v) is 20.3. The minimum atomic E-state index is -0.797. The second-order valence-electron chi connectivity index (χ2n) is 8.14. The van der Waals surface area contributed by atoms with Crippen LogP contribution in [0.4, 0.5) is 0 Å². The van der Waals surface area contributed by atoms with Crippen molar-refractivity contribution in [1.29, 1.82) is 0 Å². The fourth-order valence-corrected chi connectivity index (χ4v) is 4.02. The molecule has 0 aliphatic carbocycles. The van der Waals surface area contributed by atoms with Gasteiger partial charge < -0.3 is 34.8 Å². The Hall–Kier alpha value is -2.73. The van der Waals surface area contributed by atoms with Crippen LogP contribution in [0.15, 0.2) is 0 Å². The van der Waals surface area contributed by atoms with E-state index in [1.165, 1.54) is 16.7 Å². The fourth-order valence-electron chi connectivity index (χ4n) is 4.02. The van der Waals surface area contributed by atoms with Gasteiger partial charge in [0.05, 0.1) is 26.4 Å². The van der Waals surface area contributed by atoms with Crippen LogP contribution in [0.2, 0.25) is 0 Å². The maximum atomic E-state index is 12.8. The maximum absolute atomic E-state index is 12.8. The Morgan fingerprint density at radius 3 is 1.85 bits per heavy atom. The van der Waals surface area contributed by atoms with E-state index in [1.54, 1.807) is 4.90 Å². The van der Waals surface area contributed by atoms with Gasteiger partial charge in [-0.1, -0.05) is 0 Å². The SMILES string of the molecule is CCN(CC)C(=O)[C@@H]1COCCN1C(=O)CCNC(=O)[C@@H]1COCCN1C(=O)CCNC(C)=O. The molecule has 0 aromatic rings. The summed E-state index contributed by atoms with van der Waals surface area (Å²) < 4.78 is 10.8. The van der Waals surface area contributed by atoms with Crippen LogP contribution in [0, 0.1) is 0 Å². The number of carbonyl (C=O) groups is 5. The van der Waals surface area contributed by atoms with Crippen LogP contribution in [0.25, 0.3) is 0 Å². The van der Waals surface area contributed by atoms with E-state index < -0.39 is 18.0 Å². The van der Waals surface area contributed by atoms with E-state index in [2.05, 4.69) is 10.6 Å². The molecule has 0 aromatic heterocycles. The number of hydrogen-bond donors (Lipinski definition) is 2. The molecule has 0 radical (unpaired) electrons. The van der Waals surface area contributed by atoms with Crippen molar-refractivity contribution in [2.45, 2.75) is 45.7 Å². The van der Waals surface area contributed by atoms with Gasteiger partial charge in [-0.25, -0.2) is 0 Å². The number of nitrogens with zero attached hydrogens (tertiary/aromatic N) is 3. The van der Waals surface area contributed by atoms with Crippen LogP contribution >= 0.6 is 0 Å². The minimum Gasteiger partial charge on any atom is -0.377 e. The third-order valence-corrected chi connectivity index (χ3v) is 5.91. The highest BCUT2D eigenvalue weighted by Gasteiger charge is 2.35. The van der Waals surface area contributed by atoms with Crippen molar-refractivity contribution in [3.05, 3.63) is 0 Å². The molecule has 0 bridgehead atoms. The lowest BCUT2D eigenvalue weighted by molar-refractivity contribution is -0.154. The van der Waals surface area contributed by atoms with Crippen molar-refractivity contribution in [1.82, 2.24) is 25.3 Å². The molecule has 2 aliphatic rings. The van der Waals surface area contributed by atoms with Crippen LogP contribution in [0.3, 0.4) is 0 Å². The van der Waals surface area contributed by atoms with Crippen molar-refractivity contribution < 1.29 is 33.4 Å². The summed E-state index contributed by atoms with van der Waals surface area (Å²) in [5, 5.41) is 5.28. The average molecular weight is 484 g/mol. The number of rotatable bonds is 10. The molecule has 0 aromatic carbocycles. The smallest absolute Gasteiger partial charge is 0.247 e. The highest BCUT2D eigenvalue weighted by molar-refractivity contribution is 5.90. The third kappa shape index (κ3) is 7.66. The number of nitrogens with one attached hydrogen (secondary N) is 2. The Morgan fingerprint density at radius 1 is 0.824 bits per heavy atom. The lowest BCUT2D eigenvalue weighted by Gasteiger charge is -2.37. The van der Waals surface area contributed by atoms with E-state index in [0.29, 0.717) is 32.8 Å². The molecular formula is C22H37N5O7. The van der Waals surface area contributed by atoms with E-state index in [9.17, 15) is 24.0 Å². The van der Waals surface area contributed by atoms with Gasteiger partial charge in [0, 0.05) is 59.0 Å². The summed E-state index contributed by atoms with van der Waals surface area (Å²) >= 11 is 0. The van der Waals surface area contributed by atoms with Gasteiger partial charge in [0.1, 0.15) is 12.1 Å². The Morgan fingerprint density at radius 2 is 1.32 bits per heavy atom. The van der Waals surface area contributed by atoms with Crippen molar-refractivity contribution in [3.63, 3.8) is 0 Å². The molecule has 2 atom stereocenters. The Balaban J connectivity index is 1.88. The van der Waals surface area contributed by atoms with Crippen LogP contribution < -0.4 is 10.6 Å². The number of amides is 5. The van der Waals surface area contributed by atoms with E-state index >= 15 is 0 Å². The van der Waals surface area contributed by atoms with E-state index in [1.807, 2.05) is 13.8 Å². The topological polar surface area (TPSA) is 138 Å². The summed E-state index contributed by atoms with van der Waals surface area (Å²) in [7, 11) is 0. The number of morpholine rings is 2. The summed E-state index contributed by atoms with van der Waals surface area (Å²) in [6.45, 7) is 8.00. The standard InChI is InChI=1S/C22H37N5O7/c1-4-25(5-2)22(32)18-15-34-13-11-27(18)20(30)7-9-24-21(31)17-14-33-12-10-26(17)19(29)6-8-23-16(3)28/h17-18H,4-15H2,1-3H3,(H,23,28)(H,24,31)/t17-,18-/m0/s1. The molecule has 0 spiro atoms. The van der Waals surface area contributed by atoms with Gasteiger partial charge in [0.2, 0.25) is 29.5 Å². The van der Waals surface area contributed by atoms with Crippen LogP contribution in [0.5, 0.6) is 0 Å². The van der Waals surface area contributed by atoms with Gasteiger partial charge in [-0.3, -0.25) is 24.0 Å². The first-order chi connectivity index (χ1) is 16.3. The number of ether oxygens (including phenoxy) is 2. The van der Waals surface area contributed by atoms with Crippen molar-refractivity contribution in [2.75, 3.05) is 65.7 Å². The summed E-state index contributed by atoms with van der Waals surface area (Å²) in [4.78, 5) is 66.5. The van der Waals surface area contributed by atoms with Crippen LogP contribution in [-0.2, 0) is 33.4 Å².